The molecular formula is C13H18ClN3S. The summed E-state index contributed by atoms with van der Waals surface area (Å²) >= 11 is 7.86. The van der Waals surface area contributed by atoms with E-state index in [1.165, 1.54) is 11.3 Å². The highest BCUT2D eigenvalue weighted by molar-refractivity contribution is 7.09. The largest absolute Gasteiger partial charge is 0.344 e. The number of thiophene rings is 1. The first-order valence-electron chi connectivity index (χ1n) is 6.26. The van der Waals surface area contributed by atoms with Gasteiger partial charge in [-0.15, -0.1) is 11.3 Å². The predicted octanol–water partition coefficient (Wildman–Crippen LogP) is 3.76. The summed E-state index contributed by atoms with van der Waals surface area (Å²) < 4.78 is 0. The van der Waals surface area contributed by atoms with Crippen LogP contribution in [0.2, 0.25) is 5.15 Å². The summed E-state index contributed by atoms with van der Waals surface area (Å²) in [5.41, 5.74) is 0.985. The van der Waals surface area contributed by atoms with Crippen LogP contribution >= 0.6 is 22.9 Å². The molecule has 0 atom stereocenters. The van der Waals surface area contributed by atoms with Crippen molar-refractivity contribution in [3.05, 3.63) is 39.1 Å². The van der Waals surface area contributed by atoms with E-state index < -0.39 is 0 Å². The van der Waals surface area contributed by atoms with Crippen LogP contribution < -0.4 is 5.32 Å². The van der Waals surface area contributed by atoms with E-state index in [-0.39, 0.29) is 0 Å². The van der Waals surface area contributed by atoms with E-state index in [1.807, 2.05) is 0 Å². The molecule has 0 aliphatic rings. The zero-order chi connectivity index (χ0) is 12.8. The number of unbranched alkanes of at least 4 members (excludes halogenated alkanes) is 1. The van der Waals surface area contributed by atoms with Crippen LogP contribution in [-0.2, 0) is 19.5 Å². The van der Waals surface area contributed by atoms with Gasteiger partial charge in [0.05, 0.1) is 5.69 Å². The lowest BCUT2D eigenvalue weighted by atomic mass is 10.2. The molecule has 0 aromatic carbocycles. The Morgan fingerprint density at radius 3 is 3.06 bits per heavy atom. The Morgan fingerprint density at radius 2 is 2.33 bits per heavy atom. The highest BCUT2D eigenvalue weighted by Crippen LogP contribution is 2.14. The number of nitrogens with one attached hydrogen (secondary N) is 2. The van der Waals surface area contributed by atoms with Gasteiger partial charge in [-0.2, -0.15) is 0 Å². The van der Waals surface area contributed by atoms with Crippen molar-refractivity contribution in [3.8, 4) is 0 Å². The summed E-state index contributed by atoms with van der Waals surface area (Å²) in [6.45, 7) is 3.78. The number of halogens is 1. The fourth-order valence-corrected chi connectivity index (χ4v) is 2.63. The molecule has 2 aromatic heterocycles. The quantitative estimate of drug-likeness (QED) is 0.812. The zero-order valence-electron chi connectivity index (χ0n) is 10.5. The molecule has 0 saturated heterocycles. The molecule has 0 saturated carbocycles. The van der Waals surface area contributed by atoms with Crippen molar-refractivity contribution in [2.24, 2.45) is 0 Å². The Hall–Kier alpha value is -0.840. The Kier molecular flexibility index (Phi) is 5.23. The molecule has 0 amide bonds. The maximum Gasteiger partial charge on any atom is 0.151 e. The molecule has 18 heavy (non-hydrogen) atoms. The van der Waals surface area contributed by atoms with E-state index in [0.29, 0.717) is 5.15 Å². The molecule has 2 N–H and O–H groups in total. The molecule has 0 fully saturated rings. The number of aryl methyl sites for hydroxylation is 1. The van der Waals surface area contributed by atoms with Gasteiger partial charge in [0.2, 0.25) is 0 Å². The molecule has 0 radical (unpaired) electrons. The lowest BCUT2D eigenvalue weighted by Crippen LogP contribution is -2.12. The van der Waals surface area contributed by atoms with Crippen LogP contribution in [0.15, 0.2) is 17.5 Å². The van der Waals surface area contributed by atoms with Gasteiger partial charge in [-0.05, 0) is 17.9 Å². The fourth-order valence-electron chi connectivity index (χ4n) is 1.74. The van der Waals surface area contributed by atoms with Gasteiger partial charge in [0.15, 0.2) is 5.15 Å². The standard InChI is InChI=1S/C13H18ClN3S/c1-2-3-6-12-16-11(13(14)17-12)9-15-8-10-5-4-7-18-10/h4-5,7,15H,2-3,6,8-9H2,1H3,(H,16,17). The van der Waals surface area contributed by atoms with Gasteiger partial charge in [-0.1, -0.05) is 31.0 Å². The Bertz CT molecular complexity index is 465. The molecule has 5 heteroatoms. The molecule has 0 spiro atoms. The number of imidazole rings is 1. The first-order valence-corrected chi connectivity index (χ1v) is 7.51. The normalized spacial score (nSPS) is 11.0. The second kappa shape index (κ2) is 6.92. The fraction of sp³-hybridized carbons (Fsp3) is 0.462. The zero-order valence-corrected chi connectivity index (χ0v) is 12.1. The van der Waals surface area contributed by atoms with Crippen LogP contribution in [0.5, 0.6) is 0 Å². The van der Waals surface area contributed by atoms with Crippen LogP contribution in [0.1, 0.15) is 36.2 Å². The van der Waals surface area contributed by atoms with Gasteiger partial charge in [0.25, 0.3) is 0 Å². The van der Waals surface area contributed by atoms with Gasteiger partial charge in [0.1, 0.15) is 5.82 Å². The predicted molar refractivity (Wildman–Crippen MR) is 77.1 cm³/mol. The number of aromatic amines is 1. The summed E-state index contributed by atoms with van der Waals surface area (Å²) in [7, 11) is 0. The van der Waals surface area contributed by atoms with Crippen LogP contribution in [0.4, 0.5) is 0 Å². The third-order valence-electron chi connectivity index (χ3n) is 2.73. The molecule has 2 aromatic rings. The van der Waals surface area contributed by atoms with Crippen LogP contribution in [0.3, 0.4) is 0 Å². The number of nitrogens with zero attached hydrogens (tertiary/aromatic N) is 1. The minimum atomic E-state index is 0.597. The monoisotopic (exact) mass is 283 g/mol. The average Bonchev–Trinajstić information content (AvgIpc) is 2.98. The van der Waals surface area contributed by atoms with Gasteiger partial charge in [0, 0.05) is 24.4 Å². The molecule has 2 heterocycles. The minimum Gasteiger partial charge on any atom is -0.344 e. The highest BCUT2D eigenvalue weighted by Gasteiger charge is 2.07. The second-order valence-electron chi connectivity index (χ2n) is 4.24. The number of rotatable bonds is 7. The van der Waals surface area contributed by atoms with E-state index >= 15 is 0 Å². The second-order valence-corrected chi connectivity index (χ2v) is 5.63. The molecule has 0 aliphatic carbocycles. The lowest BCUT2D eigenvalue weighted by Gasteiger charge is -2.01. The van der Waals surface area contributed by atoms with Crippen LogP contribution in [-0.4, -0.2) is 9.97 Å². The van der Waals surface area contributed by atoms with Crippen LogP contribution in [0.25, 0.3) is 0 Å². The number of hydrogen-bond donors (Lipinski definition) is 2. The number of H-pyrrole nitrogens is 1. The number of aromatic nitrogens is 2. The van der Waals surface area contributed by atoms with E-state index in [1.54, 1.807) is 11.3 Å². The van der Waals surface area contributed by atoms with Crippen molar-refractivity contribution in [2.75, 3.05) is 0 Å². The summed E-state index contributed by atoms with van der Waals surface area (Å²) in [4.78, 5) is 8.96. The van der Waals surface area contributed by atoms with E-state index in [0.717, 1.165) is 37.4 Å². The van der Waals surface area contributed by atoms with Gasteiger partial charge in [-0.25, -0.2) is 4.98 Å². The maximum absolute atomic E-state index is 6.10. The Labute approximate surface area is 117 Å². The summed E-state index contributed by atoms with van der Waals surface area (Å²) in [5.74, 6) is 0.995. The number of hydrogen-bond acceptors (Lipinski definition) is 3. The molecule has 3 nitrogen and oxygen atoms in total. The SMILES string of the molecule is CCCCc1nc(Cl)c(CNCc2cccs2)[nH]1. The minimum absolute atomic E-state index is 0.597. The maximum atomic E-state index is 6.10. The first-order chi connectivity index (χ1) is 8.79. The van der Waals surface area contributed by atoms with Gasteiger partial charge >= 0.3 is 0 Å². The summed E-state index contributed by atoms with van der Waals surface area (Å²) in [5, 5.41) is 6.05. The molecular weight excluding hydrogens is 266 g/mol. The summed E-state index contributed by atoms with van der Waals surface area (Å²) in [6, 6.07) is 4.19. The first kappa shape index (κ1) is 13.6. The smallest absolute Gasteiger partial charge is 0.151 e. The van der Waals surface area contributed by atoms with Crippen molar-refractivity contribution in [3.63, 3.8) is 0 Å². The molecule has 0 unspecified atom stereocenters. The van der Waals surface area contributed by atoms with Crippen molar-refractivity contribution in [1.82, 2.24) is 15.3 Å². The van der Waals surface area contributed by atoms with Gasteiger partial charge in [-0.3, -0.25) is 0 Å². The van der Waals surface area contributed by atoms with Crippen molar-refractivity contribution in [1.29, 1.82) is 0 Å². The molecule has 0 bridgehead atoms. The van der Waals surface area contributed by atoms with Crippen molar-refractivity contribution >= 4 is 22.9 Å². The topological polar surface area (TPSA) is 40.7 Å². The molecule has 2 rings (SSSR count). The highest BCUT2D eigenvalue weighted by atomic mass is 35.5. The Morgan fingerprint density at radius 1 is 1.44 bits per heavy atom. The average molecular weight is 284 g/mol. The molecule has 98 valence electrons. The van der Waals surface area contributed by atoms with Gasteiger partial charge < -0.3 is 10.3 Å². The third-order valence-corrected chi connectivity index (χ3v) is 3.91. The van der Waals surface area contributed by atoms with Crippen molar-refractivity contribution in [2.45, 2.75) is 39.3 Å². The van der Waals surface area contributed by atoms with E-state index in [2.05, 4.69) is 39.7 Å². The van der Waals surface area contributed by atoms with Crippen molar-refractivity contribution < 1.29 is 0 Å². The summed E-state index contributed by atoms with van der Waals surface area (Å²) in [6.07, 6.45) is 3.29. The van der Waals surface area contributed by atoms with Crippen LogP contribution in [0, 0.1) is 0 Å². The van der Waals surface area contributed by atoms with E-state index in [9.17, 15) is 0 Å². The Balaban J connectivity index is 1.83. The lowest BCUT2D eigenvalue weighted by molar-refractivity contribution is 0.685. The van der Waals surface area contributed by atoms with E-state index in [4.69, 9.17) is 11.6 Å². The third kappa shape index (κ3) is 3.83. The molecule has 0 aliphatic heterocycles.